The van der Waals surface area contributed by atoms with Gasteiger partial charge < -0.3 is 27.7 Å². The first-order chi connectivity index (χ1) is 12.5. The Bertz CT molecular complexity index is 244. The van der Waals surface area contributed by atoms with Gasteiger partial charge >= 0.3 is 0 Å². The first-order valence-corrected chi connectivity index (χ1v) is 11.0. The molecule has 0 spiro atoms. The van der Waals surface area contributed by atoms with E-state index in [4.69, 9.17) is 21.9 Å². The molecule has 2 rings (SSSR count). The van der Waals surface area contributed by atoms with Crippen molar-refractivity contribution < 1.29 is 4.74 Å². The minimum Gasteiger partial charge on any atom is -0.374 e. The lowest BCUT2D eigenvalue weighted by Gasteiger charge is -2.30. The Labute approximate surface area is 165 Å². The predicted molar refractivity (Wildman–Crippen MR) is 118 cm³/mol. The molecule has 0 heterocycles. The van der Waals surface area contributed by atoms with Crippen molar-refractivity contribution in [3.05, 3.63) is 0 Å². The number of hydrogen-bond donors (Lipinski definition) is 4. The van der Waals surface area contributed by atoms with Crippen LogP contribution in [0.5, 0.6) is 0 Å². The van der Waals surface area contributed by atoms with Crippen molar-refractivity contribution >= 4 is 0 Å². The summed E-state index contributed by atoms with van der Waals surface area (Å²) < 4.78 is 5.83. The largest absolute Gasteiger partial charge is 0.374 e. The molecular formula is C21H52N4O. The molecule has 0 aliphatic heterocycles. The van der Waals surface area contributed by atoms with Gasteiger partial charge in [-0.15, -0.1) is 0 Å². The van der Waals surface area contributed by atoms with Crippen molar-refractivity contribution in [2.24, 2.45) is 22.9 Å². The zero-order valence-corrected chi connectivity index (χ0v) is 19.0. The first-order valence-electron chi connectivity index (χ1n) is 11.0. The normalized spacial score (nSPS) is 28.3. The van der Waals surface area contributed by atoms with Crippen molar-refractivity contribution in [2.75, 3.05) is 7.05 Å². The molecule has 2 aliphatic carbocycles. The molecule has 26 heavy (non-hydrogen) atoms. The van der Waals surface area contributed by atoms with Crippen molar-refractivity contribution in [1.82, 2.24) is 0 Å². The van der Waals surface area contributed by atoms with Crippen LogP contribution in [-0.2, 0) is 4.74 Å². The Morgan fingerprint density at radius 3 is 1.38 bits per heavy atom. The average molecular weight is 377 g/mol. The van der Waals surface area contributed by atoms with Crippen molar-refractivity contribution in [2.45, 2.75) is 130 Å². The number of hydrogen-bond acceptors (Lipinski definition) is 5. The van der Waals surface area contributed by atoms with Crippen LogP contribution in [0.1, 0.15) is 99.3 Å². The van der Waals surface area contributed by atoms with E-state index in [0.717, 1.165) is 32.1 Å². The summed E-state index contributed by atoms with van der Waals surface area (Å²) in [6.07, 6.45) is 11.4. The zero-order valence-electron chi connectivity index (χ0n) is 19.0. The lowest BCUT2D eigenvalue weighted by Crippen LogP contribution is -2.43. The van der Waals surface area contributed by atoms with Gasteiger partial charge in [0.2, 0.25) is 0 Å². The van der Waals surface area contributed by atoms with E-state index in [2.05, 4.69) is 19.6 Å². The van der Waals surface area contributed by atoms with Crippen molar-refractivity contribution in [3.63, 3.8) is 0 Å². The highest BCUT2D eigenvalue weighted by Crippen LogP contribution is 2.21. The highest BCUT2D eigenvalue weighted by molar-refractivity contribution is 4.80. The molecule has 5 atom stereocenters. The lowest BCUT2D eigenvalue weighted by atomic mass is 9.92. The fraction of sp³-hybridized carbons (Fsp3) is 1.00. The molecule has 5 nitrogen and oxygen atoms in total. The van der Waals surface area contributed by atoms with Gasteiger partial charge in [0.05, 0.1) is 12.2 Å². The third kappa shape index (κ3) is 16.0. The standard InChI is InChI=1S/C10H21NO.C6H14N2.2C2H6.CH5N/c1-3-8(2)12-10-7-5-4-6-9(10)11;7-5-3-1-2-4-6(5)8;3*1-2/h8-10H,3-7,11H2,1-2H3;5-6H,1-4,7-8H2;2*1-2H3;2H2,1H3. The molecule has 8 N–H and O–H groups in total. The summed E-state index contributed by atoms with van der Waals surface area (Å²) in [4.78, 5) is 0. The van der Waals surface area contributed by atoms with Crippen LogP contribution < -0.4 is 22.9 Å². The summed E-state index contributed by atoms with van der Waals surface area (Å²) in [5.41, 5.74) is 21.8. The Balaban J connectivity index is -0.000000328. The summed E-state index contributed by atoms with van der Waals surface area (Å²) in [5.74, 6) is 0. The topological polar surface area (TPSA) is 113 Å². The third-order valence-corrected chi connectivity index (χ3v) is 4.61. The fourth-order valence-electron chi connectivity index (χ4n) is 2.88. The third-order valence-electron chi connectivity index (χ3n) is 4.61. The van der Waals surface area contributed by atoms with E-state index in [9.17, 15) is 0 Å². The molecule has 0 aromatic rings. The fourth-order valence-corrected chi connectivity index (χ4v) is 2.88. The quantitative estimate of drug-likeness (QED) is 0.596. The monoisotopic (exact) mass is 376 g/mol. The van der Waals surface area contributed by atoms with Crippen LogP contribution in [0.2, 0.25) is 0 Å². The number of nitrogens with two attached hydrogens (primary N) is 4. The van der Waals surface area contributed by atoms with Crippen molar-refractivity contribution in [3.8, 4) is 0 Å². The van der Waals surface area contributed by atoms with Gasteiger partial charge in [0, 0.05) is 18.1 Å². The van der Waals surface area contributed by atoms with Gasteiger partial charge in [-0.05, 0) is 46.1 Å². The Kier molecular flexibility index (Phi) is 26.8. The van der Waals surface area contributed by atoms with Crippen LogP contribution in [0, 0.1) is 0 Å². The minimum absolute atomic E-state index is 0.281. The van der Waals surface area contributed by atoms with E-state index in [1.165, 1.54) is 32.7 Å². The van der Waals surface area contributed by atoms with E-state index in [1.54, 1.807) is 0 Å². The Hall–Kier alpha value is -0.200. The van der Waals surface area contributed by atoms with Gasteiger partial charge in [-0.1, -0.05) is 60.3 Å². The Morgan fingerprint density at radius 2 is 1.08 bits per heavy atom. The molecular weight excluding hydrogens is 324 g/mol. The molecule has 0 bridgehead atoms. The smallest absolute Gasteiger partial charge is 0.0729 e. The van der Waals surface area contributed by atoms with Crippen LogP contribution in [0.15, 0.2) is 0 Å². The minimum atomic E-state index is 0.281. The van der Waals surface area contributed by atoms with Crippen molar-refractivity contribution in [1.29, 1.82) is 0 Å². The number of ether oxygens (including phenoxy) is 1. The second-order valence-electron chi connectivity index (χ2n) is 6.45. The van der Waals surface area contributed by atoms with E-state index in [0.29, 0.717) is 12.2 Å². The summed E-state index contributed by atoms with van der Waals surface area (Å²) in [5, 5.41) is 0. The predicted octanol–water partition coefficient (Wildman–Crippen LogP) is 3.91. The summed E-state index contributed by atoms with van der Waals surface area (Å²) in [7, 11) is 1.50. The van der Waals surface area contributed by atoms with Gasteiger partial charge in [-0.3, -0.25) is 0 Å². The molecule has 0 saturated heterocycles. The molecule has 2 fully saturated rings. The van der Waals surface area contributed by atoms with Crippen LogP contribution in [0.25, 0.3) is 0 Å². The molecule has 162 valence electrons. The molecule has 5 unspecified atom stereocenters. The highest BCUT2D eigenvalue weighted by Gasteiger charge is 2.23. The van der Waals surface area contributed by atoms with Gasteiger partial charge in [0.1, 0.15) is 0 Å². The zero-order chi connectivity index (χ0) is 21.0. The maximum atomic E-state index is 5.96. The van der Waals surface area contributed by atoms with Gasteiger partial charge in [0.25, 0.3) is 0 Å². The van der Waals surface area contributed by atoms with Gasteiger partial charge in [-0.2, -0.15) is 0 Å². The van der Waals surface area contributed by atoms with E-state index < -0.39 is 0 Å². The molecule has 0 aromatic carbocycles. The van der Waals surface area contributed by atoms with Crippen LogP contribution >= 0.6 is 0 Å². The van der Waals surface area contributed by atoms with Crippen LogP contribution in [0.4, 0.5) is 0 Å². The molecule has 0 amide bonds. The number of rotatable bonds is 3. The van der Waals surface area contributed by atoms with Gasteiger partial charge in [-0.25, -0.2) is 0 Å². The molecule has 0 radical (unpaired) electrons. The Morgan fingerprint density at radius 1 is 0.731 bits per heavy atom. The van der Waals surface area contributed by atoms with E-state index in [-0.39, 0.29) is 18.1 Å². The second kappa shape index (κ2) is 22.8. The lowest BCUT2D eigenvalue weighted by molar-refractivity contribution is -0.0324. The summed E-state index contributed by atoms with van der Waals surface area (Å²) in [6.45, 7) is 12.3. The van der Waals surface area contributed by atoms with Gasteiger partial charge in [0.15, 0.2) is 0 Å². The maximum Gasteiger partial charge on any atom is 0.0729 e. The molecule has 2 aliphatic rings. The summed E-state index contributed by atoms with van der Waals surface area (Å²) >= 11 is 0. The average Bonchev–Trinajstić information content (AvgIpc) is 2.71. The van der Waals surface area contributed by atoms with Crippen LogP contribution in [0.3, 0.4) is 0 Å². The molecule has 2 saturated carbocycles. The molecule has 5 heteroatoms. The molecule has 0 aromatic heterocycles. The van der Waals surface area contributed by atoms with E-state index >= 15 is 0 Å². The van der Waals surface area contributed by atoms with E-state index in [1.807, 2.05) is 27.7 Å². The second-order valence-corrected chi connectivity index (χ2v) is 6.45. The SMILES string of the molecule is CC.CC.CCC(C)OC1CCCCC1N.CN.NC1CCCCC1N. The summed E-state index contributed by atoms with van der Waals surface area (Å²) in [6, 6.07) is 0.847. The van der Waals surface area contributed by atoms with Crippen LogP contribution in [-0.4, -0.2) is 37.4 Å². The maximum absolute atomic E-state index is 5.96. The highest BCUT2D eigenvalue weighted by atomic mass is 16.5. The first kappa shape index (κ1) is 30.5.